The van der Waals surface area contributed by atoms with Gasteiger partial charge in [-0.2, -0.15) is 5.10 Å². The van der Waals surface area contributed by atoms with Gasteiger partial charge in [0.1, 0.15) is 5.82 Å². The van der Waals surface area contributed by atoms with Crippen LogP contribution in [0.15, 0.2) is 35.1 Å². The second-order valence-corrected chi connectivity index (χ2v) is 7.95. The highest BCUT2D eigenvalue weighted by Gasteiger charge is 2.44. The van der Waals surface area contributed by atoms with Crippen LogP contribution in [0.5, 0.6) is 0 Å². The number of aromatic nitrogens is 3. The van der Waals surface area contributed by atoms with Gasteiger partial charge in [0.15, 0.2) is 0 Å². The third-order valence-corrected chi connectivity index (χ3v) is 6.04. The second-order valence-electron chi connectivity index (χ2n) is 7.95. The van der Waals surface area contributed by atoms with Gasteiger partial charge in [0.25, 0.3) is 0 Å². The Bertz CT molecular complexity index is 833. The van der Waals surface area contributed by atoms with E-state index in [4.69, 9.17) is 0 Å². The molecule has 1 amide bonds. The zero-order chi connectivity index (χ0) is 18.8. The Morgan fingerprint density at radius 3 is 2.67 bits per heavy atom. The van der Waals surface area contributed by atoms with Crippen molar-refractivity contribution in [2.24, 2.45) is 11.8 Å². The summed E-state index contributed by atoms with van der Waals surface area (Å²) in [6, 6.07) is 9.97. The standard InChI is InChI=1S/C21H28N4O2/c1-2-6-17-13-18(17)20(26)24-11-9-16(10-12-24)19-22-23-21(27)25(19)14-15-7-4-3-5-8-15/h3-5,7-8,16-18H,2,6,9-14H2,1H3,(H,23,27)/t17-,18+/m0/s1. The molecule has 1 saturated heterocycles. The van der Waals surface area contributed by atoms with E-state index in [-0.39, 0.29) is 17.5 Å². The normalized spacial score (nSPS) is 22.8. The van der Waals surface area contributed by atoms with Crippen molar-refractivity contribution >= 4 is 5.91 Å². The minimum Gasteiger partial charge on any atom is -0.342 e. The number of likely N-dealkylation sites (tertiary alicyclic amines) is 1. The molecule has 0 unspecified atom stereocenters. The van der Waals surface area contributed by atoms with E-state index in [1.54, 1.807) is 4.57 Å². The summed E-state index contributed by atoms with van der Waals surface area (Å²) in [6.45, 7) is 4.26. The fraction of sp³-hybridized carbons (Fsp3) is 0.571. The number of H-pyrrole nitrogens is 1. The molecule has 1 aliphatic heterocycles. The smallest absolute Gasteiger partial charge is 0.342 e. The highest BCUT2D eigenvalue weighted by Crippen LogP contribution is 2.44. The van der Waals surface area contributed by atoms with Gasteiger partial charge in [-0.05, 0) is 37.2 Å². The number of nitrogens with one attached hydrogen (secondary N) is 1. The molecule has 6 heteroatoms. The number of rotatable bonds is 6. The van der Waals surface area contributed by atoms with Crippen molar-refractivity contribution in [2.45, 2.75) is 51.5 Å². The van der Waals surface area contributed by atoms with Crippen LogP contribution in [0.3, 0.4) is 0 Å². The van der Waals surface area contributed by atoms with Crippen molar-refractivity contribution in [1.82, 2.24) is 19.7 Å². The number of carbonyl (C=O) groups is 1. The Labute approximate surface area is 159 Å². The summed E-state index contributed by atoms with van der Waals surface area (Å²) >= 11 is 0. The Hall–Kier alpha value is -2.37. The number of benzene rings is 1. The summed E-state index contributed by atoms with van der Waals surface area (Å²) in [5.74, 6) is 2.27. The van der Waals surface area contributed by atoms with E-state index in [0.717, 1.165) is 50.2 Å². The average molecular weight is 368 g/mol. The van der Waals surface area contributed by atoms with E-state index in [1.165, 1.54) is 6.42 Å². The average Bonchev–Trinajstić information content (AvgIpc) is 3.38. The van der Waals surface area contributed by atoms with Gasteiger partial charge in [0, 0.05) is 24.9 Å². The molecule has 27 heavy (non-hydrogen) atoms. The fourth-order valence-corrected chi connectivity index (χ4v) is 4.39. The number of piperidine rings is 1. The molecule has 1 saturated carbocycles. The van der Waals surface area contributed by atoms with Gasteiger partial charge in [-0.15, -0.1) is 0 Å². The second kappa shape index (κ2) is 7.71. The predicted octanol–water partition coefficient (Wildman–Crippen LogP) is 2.76. The number of hydrogen-bond acceptors (Lipinski definition) is 3. The maximum Gasteiger partial charge on any atom is 0.343 e. The third kappa shape index (κ3) is 3.84. The Kier molecular flexibility index (Phi) is 5.14. The van der Waals surface area contributed by atoms with Crippen molar-refractivity contribution in [2.75, 3.05) is 13.1 Å². The highest BCUT2D eigenvalue weighted by atomic mass is 16.2. The van der Waals surface area contributed by atoms with Crippen LogP contribution in [0.4, 0.5) is 0 Å². The molecule has 1 aliphatic carbocycles. The maximum absolute atomic E-state index is 12.6. The lowest BCUT2D eigenvalue weighted by Gasteiger charge is -2.32. The van der Waals surface area contributed by atoms with E-state index in [2.05, 4.69) is 17.1 Å². The summed E-state index contributed by atoms with van der Waals surface area (Å²) in [7, 11) is 0. The van der Waals surface area contributed by atoms with Crippen LogP contribution < -0.4 is 5.69 Å². The number of amides is 1. The number of hydrogen-bond donors (Lipinski definition) is 1. The minimum atomic E-state index is -0.159. The Morgan fingerprint density at radius 2 is 1.96 bits per heavy atom. The van der Waals surface area contributed by atoms with E-state index in [9.17, 15) is 9.59 Å². The molecule has 4 rings (SSSR count). The van der Waals surface area contributed by atoms with Gasteiger partial charge in [0.2, 0.25) is 5.91 Å². The van der Waals surface area contributed by atoms with E-state index < -0.39 is 0 Å². The van der Waals surface area contributed by atoms with Crippen molar-refractivity contribution < 1.29 is 4.79 Å². The molecule has 2 aliphatic rings. The van der Waals surface area contributed by atoms with Gasteiger partial charge < -0.3 is 4.90 Å². The topological polar surface area (TPSA) is 71.0 Å². The SMILES string of the molecule is CCC[C@H]1C[C@H]1C(=O)N1CCC(c2n[nH]c(=O)n2Cc2ccccc2)CC1. The molecular formula is C21H28N4O2. The quantitative estimate of drug-likeness (QED) is 0.852. The third-order valence-electron chi connectivity index (χ3n) is 6.04. The molecule has 2 aromatic rings. The summed E-state index contributed by atoms with van der Waals surface area (Å²) in [4.78, 5) is 26.9. The van der Waals surface area contributed by atoms with Crippen LogP contribution in [0.1, 0.15) is 56.3 Å². The molecule has 144 valence electrons. The lowest BCUT2D eigenvalue weighted by molar-refractivity contribution is -0.134. The molecule has 0 bridgehead atoms. The number of nitrogens with zero attached hydrogens (tertiary/aromatic N) is 3. The summed E-state index contributed by atoms with van der Waals surface area (Å²) in [5.41, 5.74) is 0.929. The number of carbonyl (C=O) groups excluding carboxylic acids is 1. The van der Waals surface area contributed by atoms with Crippen LogP contribution in [0.2, 0.25) is 0 Å². The van der Waals surface area contributed by atoms with Gasteiger partial charge in [-0.25, -0.2) is 9.89 Å². The van der Waals surface area contributed by atoms with Gasteiger partial charge in [-0.1, -0.05) is 43.7 Å². The zero-order valence-corrected chi connectivity index (χ0v) is 15.9. The molecule has 6 nitrogen and oxygen atoms in total. The lowest BCUT2D eigenvalue weighted by atomic mass is 9.95. The van der Waals surface area contributed by atoms with Crippen molar-refractivity contribution in [3.63, 3.8) is 0 Å². The van der Waals surface area contributed by atoms with Gasteiger partial charge in [0.05, 0.1) is 6.54 Å². The van der Waals surface area contributed by atoms with E-state index >= 15 is 0 Å². The molecule has 0 radical (unpaired) electrons. The lowest BCUT2D eigenvalue weighted by Crippen LogP contribution is -2.39. The monoisotopic (exact) mass is 368 g/mol. The highest BCUT2D eigenvalue weighted by molar-refractivity contribution is 5.81. The Balaban J connectivity index is 1.39. The number of aromatic amines is 1. The molecule has 2 heterocycles. The van der Waals surface area contributed by atoms with Crippen LogP contribution >= 0.6 is 0 Å². The first-order chi connectivity index (χ1) is 13.2. The van der Waals surface area contributed by atoms with Crippen LogP contribution in [-0.4, -0.2) is 38.7 Å². The van der Waals surface area contributed by atoms with Gasteiger partial charge >= 0.3 is 5.69 Å². The molecule has 1 N–H and O–H groups in total. The molecular weight excluding hydrogens is 340 g/mol. The van der Waals surface area contributed by atoms with Crippen LogP contribution in [0, 0.1) is 11.8 Å². The summed E-state index contributed by atoms with van der Waals surface area (Å²) < 4.78 is 1.75. The van der Waals surface area contributed by atoms with Crippen molar-refractivity contribution in [1.29, 1.82) is 0 Å². The van der Waals surface area contributed by atoms with Crippen LogP contribution in [-0.2, 0) is 11.3 Å². The molecule has 1 aromatic heterocycles. The van der Waals surface area contributed by atoms with Crippen molar-refractivity contribution in [3.8, 4) is 0 Å². The maximum atomic E-state index is 12.6. The molecule has 2 atom stereocenters. The van der Waals surface area contributed by atoms with E-state index in [0.29, 0.717) is 18.4 Å². The molecule has 1 aromatic carbocycles. The molecule has 0 spiro atoms. The fourth-order valence-electron chi connectivity index (χ4n) is 4.39. The minimum absolute atomic E-state index is 0.159. The van der Waals surface area contributed by atoms with Crippen LogP contribution in [0.25, 0.3) is 0 Å². The first kappa shape index (κ1) is 18.0. The molecule has 2 fully saturated rings. The zero-order valence-electron chi connectivity index (χ0n) is 15.9. The van der Waals surface area contributed by atoms with Gasteiger partial charge in [-0.3, -0.25) is 9.36 Å². The summed E-state index contributed by atoms with van der Waals surface area (Å²) in [6.07, 6.45) is 5.15. The largest absolute Gasteiger partial charge is 0.343 e. The first-order valence-electron chi connectivity index (χ1n) is 10.1. The Morgan fingerprint density at radius 1 is 1.22 bits per heavy atom. The van der Waals surface area contributed by atoms with Crippen molar-refractivity contribution in [3.05, 3.63) is 52.2 Å². The summed E-state index contributed by atoms with van der Waals surface area (Å²) in [5, 5.41) is 6.93. The predicted molar refractivity (Wildman–Crippen MR) is 103 cm³/mol. The first-order valence-corrected chi connectivity index (χ1v) is 10.1. The van der Waals surface area contributed by atoms with E-state index in [1.807, 2.05) is 35.2 Å².